The third kappa shape index (κ3) is 7.41. The van der Waals surface area contributed by atoms with Crippen LogP contribution in [0.3, 0.4) is 0 Å². The molecule has 2 atom stereocenters. The molecule has 3 rings (SSSR count). The fourth-order valence-corrected chi connectivity index (χ4v) is 4.64. The predicted octanol–water partition coefficient (Wildman–Crippen LogP) is 5.65. The maximum Gasteiger partial charge on any atom is 0.337 e. The van der Waals surface area contributed by atoms with Crippen molar-refractivity contribution in [2.45, 2.75) is 45.8 Å². The van der Waals surface area contributed by atoms with Crippen LogP contribution in [-0.2, 0) is 33.3 Å². The zero-order valence-corrected chi connectivity index (χ0v) is 23.9. The molecule has 0 bridgehead atoms. The second-order valence-corrected chi connectivity index (χ2v) is 9.88. The molecule has 8 nitrogen and oxygen atoms in total. The predicted molar refractivity (Wildman–Crippen MR) is 147 cm³/mol. The molecular weight excluding hydrogens is 545 g/mol. The van der Waals surface area contributed by atoms with Crippen molar-refractivity contribution in [1.82, 2.24) is 5.32 Å². The van der Waals surface area contributed by atoms with Gasteiger partial charge in [-0.1, -0.05) is 65.7 Å². The number of hydrogen-bond donors (Lipinski definition) is 1. The average Bonchev–Trinajstić information content (AvgIpc) is 2.89. The Balaban J connectivity index is 2.10. The third-order valence-electron chi connectivity index (χ3n) is 5.96. The molecule has 1 heterocycles. The van der Waals surface area contributed by atoms with E-state index < -0.39 is 36.0 Å². The SMILES string of the molecule is CO[C@@H](COC(=O)C1=C(C)NC(COC(C)=O)=C(C(=O)OC(C)C)C1c1cccc(Cl)c1Cl)c1ccccc1. The number of allylic oxidation sites excluding steroid dienone is 1. The minimum atomic E-state index is -1.03. The zero-order chi connectivity index (χ0) is 28.7. The van der Waals surface area contributed by atoms with Gasteiger partial charge in [-0.15, -0.1) is 0 Å². The lowest BCUT2D eigenvalue weighted by atomic mass is 9.80. The van der Waals surface area contributed by atoms with E-state index in [9.17, 15) is 14.4 Å². The molecule has 0 saturated carbocycles. The van der Waals surface area contributed by atoms with E-state index in [1.54, 1.807) is 39.0 Å². The van der Waals surface area contributed by atoms with Crippen LogP contribution in [0.25, 0.3) is 0 Å². The lowest BCUT2D eigenvalue weighted by Crippen LogP contribution is -2.36. The van der Waals surface area contributed by atoms with Crippen LogP contribution in [-0.4, -0.2) is 44.3 Å². The Bertz CT molecular complexity index is 1290. The standard InChI is InChI=1S/C29H31Cl2NO7/c1-16(2)39-29(35)26-22(14-37-18(4)33)32-17(3)24(25(26)20-12-9-13-21(30)27(20)31)28(34)38-15-23(36-5)19-10-7-6-8-11-19/h6-13,16,23,25,32H,14-15H2,1-5H3/t23-,25?/m0/s1. The van der Waals surface area contributed by atoms with Gasteiger partial charge in [0.1, 0.15) is 19.3 Å². The van der Waals surface area contributed by atoms with Gasteiger partial charge in [0.25, 0.3) is 0 Å². The molecule has 0 spiro atoms. The molecule has 1 aliphatic heterocycles. The second kappa shape index (κ2) is 13.6. The molecular formula is C29H31Cl2NO7. The van der Waals surface area contributed by atoms with Crippen molar-refractivity contribution in [3.8, 4) is 0 Å². The van der Waals surface area contributed by atoms with E-state index in [2.05, 4.69) is 5.32 Å². The number of benzene rings is 2. The molecule has 2 aromatic rings. The van der Waals surface area contributed by atoms with Gasteiger partial charge in [0.15, 0.2) is 0 Å². The van der Waals surface area contributed by atoms with Gasteiger partial charge in [-0.2, -0.15) is 0 Å². The molecule has 0 aromatic heterocycles. The molecule has 208 valence electrons. The van der Waals surface area contributed by atoms with E-state index in [-0.39, 0.29) is 40.1 Å². The van der Waals surface area contributed by atoms with E-state index in [1.807, 2.05) is 30.3 Å². The van der Waals surface area contributed by atoms with Crippen LogP contribution in [0.2, 0.25) is 10.0 Å². The number of methoxy groups -OCH3 is 1. The van der Waals surface area contributed by atoms with Crippen molar-refractivity contribution >= 4 is 41.1 Å². The fraction of sp³-hybridized carbons (Fsp3) is 0.345. The molecule has 0 saturated heterocycles. The quantitative estimate of drug-likeness (QED) is 0.286. The molecule has 0 aliphatic carbocycles. The minimum Gasteiger partial charge on any atom is -0.460 e. The maximum atomic E-state index is 13.7. The van der Waals surface area contributed by atoms with Crippen LogP contribution in [0.5, 0.6) is 0 Å². The highest BCUT2D eigenvalue weighted by Crippen LogP contribution is 2.44. The monoisotopic (exact) mass is 575 g/mol. The Morgan fingerprint density at radius 2 is 1.64 bits per heavy atom. The van der Waals surface area contributed by atoms with Crippen LogP contribution in [0.1, 0.15) is 50.8 Å². The van der Waals surface area contributed by atoms with Gasteiger partial charge in [0.2, 0.25) is 0 Å². The number of nitrogens with one attached hydrogen (secondary N) is 1. The first-order valence-electron chi connectivity index (χ1n) is 12.3. The highest BCUT2D eigenvalue weighted by Gasteiger charge is 2.41. The summed E-state index contributed by atoms with van der Waals surface area (Å²) in [6, 6.07) is 14.3. The molecule has 10 heteroatoms. The Morgan fingerprint density at radius 3 is 2.26 bits per heavy atom. The molecule has 0 fully saturated rings. The van der Waals surface area contributed by atoms with Crippen LogP contribution in [0.4, 0.5) is 0 Å². The van der Waals surface area contributed by atoms with E-state index in [1.165, 1.54) is 14.0 Å². The first kappa shape index (κ1) is 30.2. The van der Waals surface area contributed by atoms with E-state index in [0.717, 1.165) is 5.56 Å². The number of dihydropyridines is 1. The highest BCUT2D eigenvalue weighted by molar-refractivity contribution is 6.42. The third-order valence-corrected chi connectivity index (χ3v) is 6.79. The number of carbonyl (C=O) groups is 3. The minimum absolute atomic E-state index is 0.0537. The molecule has 2 aromatic carbocycles. The lowest BCUT2D eigenvalue weighted by Gasteiger charge is -2.32. The van der Waals surface area contributed by atoms with Gasteiger partial charge in [0, 0.05) is 19.7 Å². The first-order valence-corrected chi connectivity index (χ1v) is 13.0. The molecule has 1 unspecified atom stereocenters. The molecule has 1 aliphatic rings. The molecule has 1 N–H and O–H groups in total. The lowest BCUT2D eigenvalue weighted by molar-refractivity contribution is -0.145. The number of ether oxygens (including phenoxy) is 4. The summed E-state index contributed by atoms with van der Waals surface area (Å²) in [7, 11) is 1.52. The van der Waals surface area contributed by atoms with Gasteiger partial charge in [-0.25, -0.2) is 9.59 Å². The summed E-state index contributed by atoms with van der Waals surface area (Å²) >= 11 is 13.0. The Morgan fingerprint density at radius 1 is 0.949 bits per heavy atom. The normalized spacial score (nSPS) is 16.1. The number of carbonyl (C=O) groups excluding carboxylic acids is 3. The fourth-order valence-electron chi connectivity index (χ4n) is 4.22. The number of halogens is 2. The summed E-state index contributed by atoms with van der Waals surface area (Å²) in [4.78, 5) is 38.8. The van der Waals surface area contributed by atoms with Crippen LogP contribution in [0, 0.1) is 0 Å². The van der Waals surface area contributed by atoms with Crippen LogP contribution >= 0.6 is 23.2 Å². The van der Waals surface area contributed by atoms with E-state index in [4.69, 9.17) is 42.1 Å². The van der Waals surface area contributed by atoms with Crippen molar-refractivity contribution in [2.24, 2.45) is 0 Å². The average molecular weight is 576 g/mol. The second-order valence-electron chi connectivity index (χ2n) is 9.10. The summed E-state index contributed by atoms with van der Waals surface area (Å²) < 4.78 is 22.0. The first-order chi connectivity index (χ1) is 18.5. The topological polar surface area (TPSA) is 100 Å². The van der Waals surface area contributed by atoms with Gasteiger partial charge >= 0.3 is 17.9 Å². The summed E-state index contributed by atoms with van der Waals surface area (Å²) in [5.74, 6) is -2.98. The summed E-state index contributed by atoms with van der Waals surface area (Å²) in [5.41, 5.74) is 2.05. The van der Waals surface area contributed by atoms with Crippen molar-refractivity contribution in [3.05, 3.63) is 92.2 Å². The number of esters is 3. The van der Waals surface area contributed by atoms with Gasteiger partial charge in [0.05, 0.1) is 38.9 Å². The van der Waals surface area contributed by atoms with Gasteiger partial charge in [-0.05, 0) is 38.0 Å². The Kier molecular flexibility index (Phi) is 10.6. The Labute approximate surface area is 237 Å². The summed E-state index contributed by atoms with van der Waals surface area (Å²) in [5, 5.41) is 3.44. The van der Waals surface area contributed by atoms with Gasteiger partial charge in [-0.3, -0.25) is 4.79 Å². The number of hydrogen-bond acceptors (Lipinski definition) is 8. The smallest absolute Gasteiger partial charge is 0.337 e. The van der Waals surface area contributed by atoms with Gasteiger partial charge < -0.3 is 24.3 Å². The highest BCUT2D eigenvalue weighted by atomic mass is 35.5. The van der Waals surface area contributed by atoms with Crippen molar-refractivity contribution < 1.29 is 33.3 Å². The van der Waals surface area contributed by atoms with E-state index >= 15 is 0 Å². The maximum absolute atomic E-state index is 13.7. The summed E-state index contributed by atoms with van der Waals surface area (Å²) in [6.07, 6.45) is -0.979. The van der Waals surface area contributed by atoms with E-state index in [0.29, 0.717) is 11.3 Å². The Hall–Kier alpha value is -3.33. The molecule has 39 heavy (non-hydrogen) atoms. The zero-order valence-electron chi connectivity index (χ0n) is 22.4. The van der Waals surface area contributed by atoms with Crippen molar-refractivity contribution in [1.29, 1.82) is 0 Å². The molecule has 0 radical (unpaired) electrons. The van der Waals surface area contributed by atoms with Crippen LogP contribution < -0.4 is 5.32 Å². The van der Waals surface area contributed by atoms with Crippen molar-refractivity contribution in [3.63, 3.8) is 0 Å². The van der Waals surface area contributed by atoms with Crippen molar-refractivity contribution in [2.75, 3.05) is 20.3 Å². The largest absolute Gasteiger partial charge is 0.460 e. The van der Waals surface area contributed by atoms with Crippen LogP contribution in [0.15, 0.2) is 71.1 Å². The number of rotatable bonds is 10. The molecule has 0 amide bonds. The summed E-state index contributed by atoms with van der Waals surface area (Å²) in [6.45, 7) is 5.98.